The Labute approximate surface area is 101 Å². The Morgan fingerprint density at radius 1 is 1.29 bits per heavy atom. The molecule has 0 bridgehead atoms. The van der Waals surface area contributed by atoms with Gasteiger partial charge >= 0.3 is 0 Å². The Hall–Kier alpha value is -1.91. The first-order valence-corrected chi connectivity index (χ1v) is 5.81. The Morgan fingerprint density at radius 2 is 2.06 bits per heavy atom. The third-order valence-corrected chi connectivity index (χ3v) is 2.84. The summed E-state index contributed by atoms with van der Waals surface area (Å²) in [7, 11) is 1.96. The molecular weight excluding hydrogens is 214 g/mol. The summed E-state index contributed by atoms with van der Waals surface area (Å²) in [6.07, 6.45) is 3.49. The molecule has 2 aromatic rings. The number of rotatable bonds is 3. The van der Waals surface area contributed by atoms with E-state index >= 15 is 0 Å². The molecule has 2 heterocycles. The average molecular weight is 231 g/mol. The first-order chi connectivity index (χ1) is 8.17. The van der Waals surface area contributed by atoms with Crippen molar-refractivity contribution >= 4 is 5.95 Å². The molecule has 5 heteroatoms. The van der Waals surface area contributed by atoms with Crippen LogP contribution in [0.15, 0.2) is 12.3 Å². The van der Waals surface area contributed by atoms with Crippen molar-refractivity contribution < 1.29 is 0 Å². The normalized spacial score (nSPS) is 10.8. The number of hydrogen-bond donors (Lipinski definition) is 1. The van der Waals surface area contributed by atoms with Crippen LogP contribution < -0.4 is 5.73 Å². The molecular formula is C12H17N5. The summed E-state index contributed by atoms with van der Waals surface area (Å²) in [6.45, 7) is 4.21. The molecule has 2 aromatic heterocycles. The minimum atomic E-state index is 0.301. The van der Waals surface area contributed by atoms with Crippen LogP contribution in [-0.2, 0) is 19.9 Å². The molecule has 0 spiro atoms. The van der Waals surface area contributed by atoms with E-state index in [9.17, 15) is 0 Å². The lowest BCUT2D eigenvalue weighted by Gasteiger charge is -2.04. The van der Waals surface area contributed by atoms with E-state index < -0.39 is 0 Å². The van der Waals surface area contributed by atoms with Gasteiger partial charge < -0.3 is 5.73 Å². The highest BCUT2D eigenvalue weighted by atomic mass is 15.3. The number of nitrogens with zero attached hydrogens (tertiary/aromatic N) is 4. The second-order valence-corrected chi connectivity index (χ2v) is 3.90. The van der Waals surface area contributed by atoms with Crippen molar-refractivity contribution in [1.29, 1.82) is 0 Å². The Morgan fingerprint density at radius 3 is 2.65 bits per heavy atom. The zero-order chi connectivity index (χ0) is 12.4. The smallest absolute Gasteiger partial charge is 0.220 e. The van der Waals surface area contributed by atoms with Crippen molar-refractivity contribution in [3.05, 3.63) is 23.7 Å². The third-order valence-electron chi connectivity index (χ3n) is 2.84. The number of aromatic nitrogens is 4. The van der Waals surface area contributed by atoms with Gasteiger partial charge in [-0.15, -0.1) is 0 Å². The van der Waals surface area contributed by atoms with E-state index in [1.165, 1.54) is 5.69 Å². The summed E-state index contributed by atoms with van der Waals surface area (Å²) in [5.74, 6) is 0.301. The van der Waals surface area contributed by atoms with Crippen molar-refractivity contribution in [2.75, 3.05) is 5.73 Å². The molecule has 2 rings (SSSR count). The van der Waals surface area contributed by atoms with E-state index in [-0.39, 0.29) is 0 Å². The molecule has 17 heavy (non-hydrogen) atoms. The van der Waals surface area contributed by atoms with Crippen LogP contribution in [0.4, 0.5) is 5.95 Å². The van der Waals surface area contributed by atoms with Crippen LogP contribution in [0.3, 0.4) is 0 Å². The van der Waals surface area contributed by atoms with Crippen LogP contribution in [0.5, 0.6) is 0 Å². The molecule has 0 amide bonds. The van der Waals surface area contributed by atoms with Gasteiger partial charge in [0.1, 0.15) is 0 Å². The van der Waals surface area contributed by atoms with Gasteiger partial charge in [0, 0.05) is 24.5 Å². The highest BCUT2D eigenvalue weighted by Crippen LogP contribution is 2.26. The van der Waals surface area contributed by atoms with E-state index in [0.29, 0.717) is 5.95 Å². The molecule has 0 radical (unpaired) electrons. The summed E-state index contributed by atoms with van der Waals surface area (Å²) < 4.78 is 1.92. The van der Waals surface area contributed by atoms with Gasteiger partial charge in [-0.3, -0.25) is 4.68 Å². The summed E-state index contributed by atoms with van der Waals surface area (Å²) in [5, 5.41) is 4.52. The van der Waals surface area contributed by atoms with Crippen LogP contribution in [0.25, 0.3) is 11.3 Å². The number of anilines is 1. The number of nitrogens with two attached hydrogens (primary N) is 1. The lowest BCUT2D eigenvalue weighted by atomic mass is 10.1. The fourth-order valence-corrected chi connectivity index (χ4v) is 2.08. The molecule has 0 unspecified atom stereocenters. The molecule has 5 nitrogen and oxygen atoms in total. The van der Waals surface area contributed by atoms with Gasteiger partial charge in [-0.2, -0.15) is 5.10 Å². The summed E-state index contributed by atoms with van der Waals surface area (Å²) in [5.41, 5.74) is 9.84. The highest BCUT2D eigenvalue weighted by Gasteiger charge is 2.16. The van der Waals surface area contributed by atoms with Gasteiger partial charge in [0.25, 0.3) is 0 Å². The maximum Gasteiger partial charge on any atom is 0.220 e. The van der Waals surface area contributed by atoms with Crippen LogP contribution >= 0.6 is 0 Å². The maximum atomic E-state index is 5.64. The van der Waals surface area contributed by atoms with E-state index in [2.05, 4.69) is 28.9 Å². The zero-order valence-corrected chi connectivity index (χ0v) is 10.4. The average Bonchev–Trinajstić information content (AvgIpc) is 2.65. The molecule has 0 aliphatic heterocycles. The van der Waals surface area contributed by atoms with Crippen molar-refractivity contribution in [3.8, 4) is 11.3 Å². The lowest BCUT2D eigenvalue weighted by Crippen LogP contribution is -1.99. The zero-order valence-electron chi connectivity index (χ0n) is 10.4. The quantitative estimate of drug-likeness (QED) is 0.870. The first-order valence-electron chi connectivity index (χ1n) is 5.81. The standard InChI is InChI=1S/C12H17N5/c1-4-8-11(10(5-2)17(3)16-8)9-6-7-14-12(13)15-9/h6-7H,4-5H2,1-3H3,(H2,13,14,15). The predicted octanol–water partition coefficient (Wildman–Crippen LogP) is 1.58. The van der Waals surface area contributed by atoms with Crippen LogP contribution in [0.1, 0.15) is 25.2 Å². The van der Waals surface area contributed by atoms with Crippen LogP contribution in [0.2, 0.25) is 0 Å². The molecule has 2 N–H and O–H groups in total. The maximum absolute atomic E-state index is 5.64. The van der Waals surface area contributed by atoms with Gasteiger partial charge in [-0.05, 0) is 18.9 Å². The Bertz CT molecular complexity index is 530. The highest BCUT2D eigenvalue weighted by molar-refractivity contribution is 5.65. The van der Waals surface area contributed by atoms with E-state index in [1.807, 2.05) is 17.8 Å². The molecule has 0 aliphatic carbocycles. The minimum Gasteiger partial charge on any atom is -0.368 e. The number of aryl methyl sites for hydroxylation is 2. The molecule has 0 aromatic carbocycles. The summed E-state index contributed by atoms with van der Waals surface area (Å²) in [6, 6.07) is 1.88. The molecule has 0 aliphatic rings. The molecule has 90 valence electrons. The van der Waals surface area contributed by atoms with E-state index in [0.717, 1.165) is 29.8 Å². The molecule has 0 saturated carbocycles. The first kappa shape index (κ1) is 11.6. The van der Waals surface area contributed by atoms with Gasteiger partial charge in [0.05, 0.1) is 11.4 Å². The Balaban J connectivity index is 2.64. The van der Waals surface area contributed by atoms with Gasteiger partial charge in [-0.25, -0.2) is 9.97 Å². The van der Waals surface area contributed by atoms with E-state index in [1.54, 1.807) is 6.20 Å². The third kappa shape index (κ3) is 2.00. The molecule has 0 fully saturated rings. The van der Waals surface area contributed by atoms with Gasteiger partial charge in [-0.1, -0.05) is 13.8 Å². The van der Waals surface area contributed by atoms with Crippen molar-refractivity contribution in [1.82, 2.24) is 19.7 Å². The molecule has 0 atom stereocenters. The van der Waals surface area contributed by atoms with E-state index in [4.69, 9.17) is 5.73 Å². The monoisotopic (exact) mass is 231 g/mol. The number of hydrogen-bond acceptors (Lipinski definition) is 4. The van der Waals surface area contributed by atoms with Crippen molar-refractivity contribution in [2.24, 2.45) is 7.05 Å². The summed E-state index contributed by atoms with van der Waals surface area (Å²) >= 11 is 0. The van der Waals surface area contributed by atoms with Crippen LogP contribution in [0, 0.1) is 0 Å². The predicted molar refractivity (Wildman–Crippen MR) is 67.4 cm³/mol. The van der Waals surface area contributed by atoms with Crippen molar-refractivity contribution in [2.45, 2.75) is 26.7 Å². The fourth-order valence-electron chi connectivity index (χ4n) is 2.08. The lowest BCUT2D eigenvalue weighted by molar-refractivity contribution is 0.705. The van der Waals surface area contributed by atoms with Gasteiger partial charge in [0.15, 0.2) is 0 Å². The van der Waals surface area contributed by atoms with Crippen LogP contribution in [-0.4, -0.2) is 19.7 Å². The summed E-state index contributed by atoms with van der Waals surface area (Å²) in [4.78, 5) is 8.21. The van der Waals surface area contributed by atoms with Gasteiger partial charge in [0.2, 0.25) is 5.95 Å². The SMILES string of the molecule is CCc1nn(C)c(CC)c1-c1ccnc(N)n1. The minimum absolute atomic E-state index is 0.301. The number of nitrogen functional groups attached to an aromatic ring is 1. The van der Waals surface area contributed by atoms with Crippen molar-refractivity contribution in [3.63, 3.8) is 0 Å². The largest absolute Gasteiger partial charge is 0.368 e. The Kier molecular flexibility index (Phi) is 3.08. The fraction of sp³-hybridized carbons (Fsp3) is 0.417. The topological polar surface area (TPSA) is 69.6 Å². The second-order valence-electron chi connectivity index (χ2n) is 3.90. The second kappa shape index (κ2) is 4.53. The molecule has 0 saturated heterocycles.